The molecular formula is C15H11Br2NO3. The maximum absolute atomic E-state index is 12.6. The van der Waals surface area contributed by atoms with Gasteiger partial charge in [-0.2, -0.15) is 0 Å². The molecule has 0 N–H and O–H groups in total. The van der Waals surface area contributed by atoms with Crippen molar-refractivity contribution in [1.29, 1.82) is 0 Å². The van der Waals surface area contributed by atoms with Crippen LogP contribution in [-0.4, -0.2) is 18.2 Å². The SMILES string of the molecule is CC(=O)N1CCc2cc(Br)c(C(=O)c3ccoc3Br)cc21. The molecule has 0 saturated carbocycles. The van der Waals surface area contributed by atoms with Crippen LogP contribution in [0, 0.1) is 0 Å². The van der Waals surface area contributed by atoms with E-state index in [0.717, 1.165) is 22.1 Å². The highest BCUT2D eigenvalue weighted by atomic mass is 79.9. The van der Waals surface area contributed by atoms with Crippen molar-refractivity contribution in [2.24, 2.45) is 0 Å². The van der Waals surface area contributed by atoms with E-state index in [1.165, 1.54) is 13.2 Å². The molecular weight excluding hydrogens is 402 g/mol. The number of carbonyl (C=O) groups excluding carboxylic acids is 2. The molecule has 1 aliphatic heterocycles. The highest BCUT2D eigenvalue weighted by Crippen LogP contribution is 2.35. The lowest BCUT2D eigenvalue weighted by atomic mass is 10.0. The van der Waals surface area contributed by atoms with Gasteiger partial charge in [0.15, 0.2) is 10.5 Å². The van der Waals surface area contributed by atoms with Crippen molar-refractivity contribution in [2.75, 3.05) is 11.4 Å². The third-order valence-corrected chi connectivity index (χ3v) is 4.82. The molecule has 1 amide bonds. The van der Waals surface area contributed by atoms with Gasteiger partial charge in [-0.3, -0.25) is 9.59 Å². The third kappa shape index (κ3) is 2.46. The lowest BCUT2D eigenvalue weighted by Gasteiger charge is -2.16. The van der Waals surface area contributed by atoms with Gasteiger partial charge < -0.3 is 9.32 Å². The van der Waals surface area contributed by atoms with Gasteiger partial charge >= 0.3 is 0 Å². The first-order valence-electron chi connectivity index (χ1n) is 6.37. The molecule has 0 fully saturated rings. The second-order valence-corrected chi connectivity index (χ2v) is 6.39. The van der Waals surface area contributed by atoms with Crippen LogP contribution < -0.4 is 4.90 Å². The Morgan fingerprint density at radius 1 is 1.24 bits per heavy atom. The minimum absolute atomic E-state index is 0.0148. The van der Waals surface area contributed by atoms with E-state index in [1.54, 1.807) is 17.0 Å². The number of rotatable bonds is 2. The molecule has 1 aromatic carbocycles. The number of hydrogen-bond acceptors (Lipinski definition) is 3. The summed E-state index contributed by atoms with van der Waals surface area (Å²) in [6.45, 7) is 2.19. The fourth-order valence-electron chi connectivity index (χ4n) is 2.51. The van der Waals surface area contributed by atoms with Crippen molar-refractivity contribution in [1.82, 2.24) is 0 Å². The summed E-state index contributed by atoms with van der Waals surface area (Å²) in [4.78, 5) is 26.0. The Hall–Kier alpha value is -1.40. The van der Waals surface area contributed by atoms with Crippen molar-refractivity contribution in [3.8, 4) is 0 Å². The molecule has 0 bridgehead atoms. The smallest absolute Gasteiger partial charge is 0.223 e. The van der Waals surface area contributed by atoms with Crippen molar-refractivity contribution in [3.63, 3.8) is 0 Å². The highest BCUT2D eigenvalue weighted by molar-refractivity contribution is 9.10. The van der Waals surface area contributed by atoms with Gasteiger partial charge in [0, 0.05) is 29.2 Å². The summed E-state index contributed by atoms with van der Waals surface area (Å²) in [5.41, 5.74) is 2.86. The molecule has 1 aliphatic rings. The first-order valence-corrected chi connectivity index (χ1v) is 7.96. The number of anilines is 1. The Kier molecular flexibility index (Phi) is 3.75. The van der Waals surface area contributed by atoms with Gasteiger partial charge in [-0.25, -0.2) is 0 Å². The van der Waals surface area contributed by atoms with Crippen molar-refractivity contribution in [2.45, 2.75) is 13.3 Å². The summed E-state index contributed by atoms with van der Waals surface area (Å²) >= 11 is 6.67. The number of fused-ring (bicyclic) bond motifs is 1. The first-order chi connectivity index (χ1) is 9.99. The highest BCUT2D eigenvalue weighted by Gasteiger charge is 2.26. The Labute approximate surface area is 138 Å². The molecule has 6 heteroatoms. The van der Waals surface area contributed by atoms with Crippen LogP contribution in [0.15, 0.2) is 38.0 Å². The average Bonchev–Trinajstić information content (AvgIpc) is 3.02. The standard InChI is InChI=1S/C15H11Br2NO3/c1-8(19)18-4-2-9-6-12(16)11(7-13(9)18)14(20)10-3-5-21-15(10)17/h3,5-7H,2,4H2,1H3. The first kappa shape index (κ1) is 14.5. The Morgan fingerprint density at radius 3 is 2.62 bits per heavy atom. The van der Waals surface area contributed by atoms with E-state index in [0.29, 0.717) is 22.3 Å². The Balaban J connectivity index is 2.09. The zero-order valence-corrected chi connectivity index (χ0v) is 14.3. The quantitative estimate of drug-likeness (QED) is 0.702. The summed E-state index contributed by atoms with van der Waals surface area (Å²) in [5.74, 6) is -0.167. The molecule has 21 heavy (non-hydrogen) atoms. The fourth-order valence-corrected chi connectivity index (χ4v) is 3.50. The number of carbonyl (C=O) groups is 2. The van der Waals surface area contributed by atoms with Crippen LogP contribution in [0.5, 0.6) is 0 Å². The fraction of sp³-hybridized carbons (Fsp3) is 0.200. The molecule has 4 nitrogen and oxygen atoms in total. The summed E-state index contributed by atoms with van der Waals surface area (Å²) < 4.78 is 6.25. The molecule has 0 spiro atoms. The number of halogens is 2. The van der Waals surface area contributed by atoms with Gasteiger partial charge in [0.2, 0.25) is 5.91 Å². The second-order valence-electron chi connectivity index (χ2n) is 4.82. The van der Waals surface area contributed by atoms with Crippen molar-refractivity contribution < 1.29 is 14.0 Å². The summed E-state index contributed by atoms with van der Waals surface area (Å²) in [5, 5.41) is 0. The van der Waals surface area contributed by atoms with E-state index in [1.807, 2.05) is 6.07 Å². The van der Waals surface area contributed by atoms with E-state index < -0.39 is 0 Å². The zero-order chi connectivity index (χ0) is 15.1. The Morgan fingerprint density at radius 2 is 2.00 bits per heavy atom. The maximum atomic E-state index is 12.6. The summed E-state index contributed by atoms with van der Waals surface area (Å²) in [7, 11) is 0. The van der Waals surface area contributed by atoms with Gasteiger partial charge in [-0.1, -0.05) is 15.9 Å². The predicted molar refractivity (Wildman–Crippen MR) is 85.7 cm³/mol. The van der Waals surface area contributed by atoms with Crippen LogP contribution in [0.25, 0.3) is 0 Å². The molecule has 1 aromatic heterocycles. The molecule has 2 aromatic rings. The molecule has 0 unspecified atom stereocenters. The van der Waals surface area contributed by atoms with Gasteiger partial charge in [0.1, 0.15) is 0 Å². The van der Waals surface area contributed by atoms with Crippen LogP contribution in [0.3, 0.4) is 0 Å². The molecule has 0 saturated heterocycles. The van der Waals surface area contributed by atoms with E-state index in [4.69, 9.17) is 4.42 Å². The number of furan rings is 1. The largest absolute Gasteiger partial charge is 0.457 e. The minimum atomic E-state index is -0.152. The number of nitrogens with zero attached hydrogens (tertiary/aromatic N) is 1. The number of ketones is 1. The predicted octanol–water partition coefficient (Wildman–Crippen LogP) is 3.94. The van der Waals surface area contributed by atoms with Crippen molar-refractivity contribution >= 4 is 49.2 Å². The minimum Gasteiger partial charge on any atom is -0.457 e. The van der Waals surface area contributed by atoms with Crippen LogP contribution in [0.1, 0.15) is 28.4 Å². The average molecular weight is 413 g/mol. The monoisotopic (exact) mass is 411 g/mol. The van der Waals surface area contributed by atoms with E-state index in [-0.39, 0.29) is 11.7 Å². The number of hydrogen-bond donors (Lipinski definition) is 0. The number of benzene rings is 1. The van der Waals surface area contributed by atoms with Gasteiger partial charge in [-0.15, -0.1) is 0 Å². The molecule has 2 heterocycles. The van der Waals surface area contributed by atoms with Gasteiger partial charge in [-0.05, 0) is 46.1 Å². The van der Waals surface area contributed by atoms with E-state index in [2.05, 4.69) is 31.9 Å². The third-order valence-electron chi connectivity index (χ3n) is 3.55. The Bertz CT molecular complexity index is 751. The zero-order valence-electron chi connectivity index (χ0n) is 11.2. The molecule has 108 valence electrons. The molecule has 3 rings (SSSR count). The van der Waals surface area contributed by atoms with E-state index >= 15 is 0 Å². The maximum Gasteiger partial charge on any atom is 0.223 e. The normalized spacial score (nSPS) is 13.4. The molecule has 0 atom stereocenters. The van der Waals surface area contributed by atoms with Crippen LogP contribution >= 0.6 is 31.9 Å². The van der Waals surface area contributed by atoms with Crippen LogP contribution in [0.2, 0.25) is 0 Å². The molecule has 0 radical (unpaired) electrons. The van der Waals surface area contributed by atoms with Crippen LogP contribution in [-0.2, 0) is 11.2 Å². The topological polar surface area (TPSA) is 50.5 Å². The summed E-state index contributed by atoms with van der Waals surface area (Å²) in [6.07, 6.45) is 2.26. The second kappa shape index (κ2) is 5.42. The van der Waals surface area contributed by atoms with Crippen LogP contribution in [0.4, 0.5) is 5.69 Å². The van der Waals surface area contributed by atoms with E-state index in [9.17, 15) is 9.59 Å². The van der Waals surface area contributed by atoms with Crippen molar-refractivity contribution in [3.05, 3.63) is 50.3 Å². The van der Waals surface area contributed by atoms with Gasteiger partial charge in [0.05, 0.1) is 11.8 Å². The summed E-state index contributed by atoms with van der Waals surface area (Å²) in [6, 6.07) is 5.31. The number of amides is 1. The lowest BCUT2D eigenvalue weighted by Crippen LogP contribution is -2.25. The lowest BCUT2D eigenvalue weighted by molar-refractivity contribution is -0.116. The molecule has 0 aliphatic carbocycles. The van der Waals surface area contributed by atoms with Gasteiger partial charge in [0.25, 0.3) is 0 Å².